The highest BCUT2D eigenvalue weighted by molar-refractivity contribution is 9.10. The highest BCUT2D eigenvalue weighted by Crippen LogP contribution is 2.29. The van der Waals surface area contributed by atoms with E-state index in [2.05, 4.69) is 31.4 Å². The van der Waals surface area contributed by atoms with Gasteiger partial charge in [-0.1, -0.05) is 45.5 Å². The molecule has 0 aliphatic heterocycles. The molecule has 0 spiro atoms. The number of ether oxygens (including phenoxy) is 2. The van der Waals surface area contributed by atoms with Crippen LogP contribution < -0.4 is 14.8 Å². The first-order valence-corrected chi connectivity index (χ1v) is 14.0. The first kappa shape index (κ1) is 29.6. The maximum Gasteiger partial charge on any atom is 0.269 e. The number of non-ortho nitro benzene ring substituents is 1. The van der Waals surface area contributed by atoms with Crippen molar-refractivity contribution in [2.75, 3.05) is 32.6 Å². The average Bonchev–Trinajstić information content (AvgIpc) is 3.45. The number of amides is 2. The van der Waals surface area contributed by atoms with Crippen LogP contribution in [0, 0.1) is 10.1 Å². The van der Waals surface area contributed by atoms with Gasteiger partial charge in [0, 0.05) is 47.2 Å². The van der Waals surface area contributed by atoms with E-state index in [4.69, 9.17) is 9.47 Å². The van der Waals surface area contributed by atoms with Crippen molar-refractivity contribution in [3.8, 4) is 22.1 Å². The van der Waals surface area contributed by atoms with Crippen LogP contribution in [-0.4, -0.2) is 59.1 Å². The van der Waals surface area contributed by atoms with E-state index in [-0.39, 0.29) is 36.0 Å². The van der Waals surface area contributed by atoms with Crippen molar-refractivity contribution < 1.29 is 24.0 Å². The number of hydrogen-bond donors (Lipinski definition) is 1. The molecule has 4 rings (SSSR count). The van der Waals surface area contributed by atoms with Gasteiger partial charge in [-0.3, -0.25) is 19.7 Å². The molecule has 1 N–H and O–H groups in total. The van der Waals surface area contributed by atoms with Crippen LogP contribution in [0.25, 0.3) is 10.6 Å². The Bertz CT molecular complexity index is 1530. The summed E-state index contributed by atoms with van der Waals surface area (Å²) in [5.74, 6) is 0.488. The van der Waals surface area contributed by atoms with E-state index in [9.17, 15) is 19.7 Å². The fraction of sp³-hybridized carbons (Fsp3) is 0.214. The Hall–Kier alpha value is -4.36. The van der Waals surface area contributed by atoms with Crippen molar-refractivity contribution in [1.29, 1.82) is 0 Å². The van der Waals surface area contributed by atoms with Crippen LogP contribution in [0.3, 0.4) is 0 Å². The summed E-state index contributed by atoms with van der Waals surface area (Å²) in [6.07, 6.45) is 0.492. The Morgan fingerprint density at radius 1 is 0.976 bits per heavy atom. The minimum Gasteiger partial charge on any atom is -0.493 e. The van der Waals surface area contributed by atoms with Gasteiger partial charge < -0.3 is 19.7 Å². The summed E-state index contributed by atoms with van der Waals surface area (Å²) >= 11 is 4.65. The molecule has 212 valence electrons. The average molecular weight is 641 g/mol. The molecule has 2 amide bonds. The molecule has 0 bridgehead atoms. The number of carbonyl (C=O) groups is 2. The molecule has 0 saturated heterocycles. The zero-order valence-electron chi connectivity index (χ0n) is 22.2. The molecule has 1 heterocycles. The molecule has 3 aromatic carbocycles. The van der Waals surface area contributed by atoms with Crippen LogP contribution in [0.5, 0.6) is 11.5 Å². The van der Waals surface area contributed by atoms with Gasteiger partial charge in [-0.2, -0.15) is 0 Å². The lowest BCUT2D eigenvalue weighted by molar-refractivity contribution is -0.384. The maximum absolute atomic E-state index is 13.4. The van der Waals surface area contributed by atoms with Crippen molar-refractivity contribution in [1.82, 2.24) is 15.1 Å². The summed E-state index contributed by atoms with van der Waals surface area (Å²) in [5.41, 5.74) is 1.95. The van der Waals surface area contributed by atoms with Crippen LogP contribution in [-0.2, 0) is 11.2 Å². The third-order valence-electron chi connectivity index (χ3n) is 6.10. The van der Waals surface area contributed by atoms with Gasteiger partial charge in [0.2, 0.25) is 11.0 Å². The van der Waals surface area contributed by atoms with Gasteiger partial charge in [0.25, 0.3) is 11.6 Å². The number of benzene rings is 3. The summed E-state index contributed by atoms with van der Waals surface area (Å²) in [6, 6.07) is 18.5. The van der Waals surface area contributed by atoms with Gasteiger partial charge in [-0.25, -0.2) is 0 Å². The highest BCUT2D eigenvalue weighted by atomic mass is 79.9. The van der Waals surface area contributed by atoms with Gasteiger partial charge in [0.05, 0.1) is 19.1 Å². The SMILES string of the molecule is COc1ccc(CCN(CCC(=O)Nc2nnc(-c3ccc(Br)cc3)s2)C(=O)c2ccc([N+](=O)[O-])cc2)cc1OC. The molecule has 0 aliphatic carbocycles. The molecule has 0 saturated carbocycles. The number of anilines is 1. The Labute approximate surface area is 248 Å². The van der Waals surface area contributed by atoms with E-state index in [1.54, 1.807) is 25.2 Å². The fourth-order valence-corrected chi connectivity index (χ4v) is 4.95. The number of nitrogens with zero attached hydrogens (tertiary/aromatic N) is 4. The van der Waals surface area contributed by atoms with Gasteiger partial charge in [-0.05, 0) is 48.4 Å². The standard InChI is InChI=1S/C28H26BrN5O6S/c1-39-23-12-3-18(17-24(23)40-2)13-15-33(27(36)20-6-10-22(11-7-20)34(37)38)16-14-25(35)30-28-32-31-26(41-28)19-4-8-21(29)9-5-19/h3-12,17H,13-16H2,1-2H3,(H,30,32,35). The number of nitro groups is 1. The highest BCUT2D eigenvalue weighted by Gasteiger charge is 2.19. The number of nitro benzene ring substituents is 1. The van der Waals surface area contributed by atoms with E-state index < -0.39 is 4.92 Å². The Morgan fingerprint density at radius 3 is 2.34 bits per heavy atom. The van der Waals surface area contributed by atoms with E-state index >= 15 is 0 Å². The van der Waals surface area contributed by atoms with Crippen molar-refractivity contribution in [2.45, 2.75) is 12.8 Å². The van der Waals surface area contributed by atoms with E-state index in [1.165, 1.54) is 35.6 Å². The summed E-state index contributed by atoms with van der Waals surface area (Å²) < 4.78 is 11.6. The molecule has 0 radical (unpaired) electrons. The predicted octanol–water partition coefficient (Wildman–Crippen LogP) is 5.61. The summed E-state index contributed by atoms with van der Waals surface area (Å²) in [4.78, 5) is 38.2. The second-order valence-electron chi connectivity index (χ2n) is 8.75. The Morgan fingerprint density at radius 2 is 1.68 bits per heavy atom. The van der Waals surface area contributed by atoms with Crippen LogP contribution in [0.2, 0.25) is 0 Å². The second-order valence-corrected chi connectivity index (χ2v) is 10.6. The molecule has 41 heavy (non-hydrogen) atoms. The number of carbonyl (C=O) groups excluding carboxylic acids is 2. The monoisotopic (exact) mass is 639 g/mol. The van der Waals surface area contributed by atoms with Crippen molar-refractivity contribution in [3.05, 3.63) is 92.4 Å². The number of nitrogens with one attached hydrogen (secondary N) is 1. The Kier molecular flexibility index (Phi) is 9.98. The summed E-state index contributed by atoms with van der Waals surface area (Å²) in [5, 5.41) is 23.0. The zero-order valence-corrected chi connectivity index (χ0v) is 24.6. The third-order valence-corrected chi connectivity index (χ3v) is 7.52. The molecular formula is C28H26BrN5O6S. The summed E-state index contributed by atoms with van der Waals surface area (Å²) in [7, 11) is 3.10. The normalized spacial score (nSPS) is 10.6. The number of methoxy groups -OCH3 is 2. The largest absolute Gasteiger partial charge is 0.493 e. The lowest BCUT2D eigenvalue weighted by Crippen LogP contribution is -2.35. The van der Waals surface area contributed by atoms with E-state index in [0.717, 1.165) is 15.6 Å². The molecule has 4 aromatic rings. The predicted molar refractivity (Wildman–Crippen MR) is 159 cm³/mol. The lowest BCUT2D eigenvalue weighted by Gasteiger charge is -2.23. The lowest BCUT2D eigenvalue weighted by atomic mass is 10.1. The van der Waals surface area contributed by atoms with Crippen molar-refractivity contribution in [3.63, 3.8) is 0 Å². The fourth-order valence-electron chi connectivity index (χ4n) is 3.92. The molecule has 0 fully saturated rings. The number of halogens is 1. The number of hydrogen-bond acceptors (Lipinski definition) is 9. The second kappa shape index (κ2) is 13.8. The van der Waals surface area contributed by atoms with Crippen LogP contribution in [0.1, 0.15) is 22.3 Å². The van der Waals surface area contributed by atoms with E-state index in [1.807, 2.05) is 36.4 Å². The summed E-state index contributed by atoms with van der Waals surface area (Å²) in [6.45, 7) is 0.415. The first-order chi connectivity index (χ1) is 19.8. The molecule has 11 nitrogen and oxygen atoms in total. The minimum atomic E-state index is -0.525. The molecular weight excluding hydrogens is 614 g/mol. The first-order valence-electron chi connectivity index (χ1n) is 12.4. The topological polar surface area (TPSA) is 137 Å². The van der Waals surface area contributed by atoms with Crippen LogP contribution in [0.4, 0.5) is 10.8 Å². The van der Waals surface area contributed by atoms with Gasteiger partial charge in [0.15, 0.2) is 11.5 Å². The molecule has 0 atom stereocenters. The molecule has 13 heteroatoms. The maximum atomic E-state index is 13.4. The third kappa shape index (κ3) is 7.86. The van der Waals surface area contributed by atoms with E-state index in [0.29, 0.717) is 34.6 Å². The number of aromatic nitrogens is 2. The van der Waals surface area contributed by atoms with Crippen molar-refractivity contribution in [2.24, 2.45) is 0 Å². The molecule has 0 aliphatic rings. The van der Waals surface area contributed by atoms with Gasteiger partial charge >= 0.3 is 0 Å². The molecule has 0 unspecified atom stereocenters. The molecule has 1 aromatic heterocycles. The Balaban J connectivity index is 1.44. The smallest absolute Gasteiger partial charge is 0.269 e. The van der Waals surface area contributed by atoms with Crippen molar-refractivity contribution >= 4 is 49.9 Å². The number of rotatable bonds is 12. The quantitative estimate of drug-likeness (QED) is 0.156. The van der Waals surface area contributed by atoms with Gasteiger partial charge in [0.1, 0.15) is 5.01 Å². The van der Waals surface area contributed by atoms with Crippen LogP contribution in [0.15, 0.2) is 71.2 Å². The minimum absolute atomic E-state index is 0.0118. The van der Waals surface area contributed by atoms with Crippen LogP contribution >= 0.6 is 27.3 Å². The van der Waals surface area contributed by atoms with Gasteiger partial charge in [-0.15, -0.1) is 10.2 Å². The zero-order chi connectivity index (χ0) is 29.4.